The molecule has 0 saturated carbocycles. The van der Waals surface area contributed by atoms with Crippen molar-refractivity contribution in [2.24, 2.45) is 11.8 Å². The van der Waals surface area contributed by atoms with Crippen LogP contribution in [0.25, 0.3) is 0 Å². The van der Waals surface area contributed by atoms with Gasteiger partial charge in [-0.1, -0.05) is 33.6 Å². The van der Waals surface area contributed by atoms with Crippen molar-refractivity contribution in [1.82, 2.24) is 10.2 Å². The molecule has 0 aromatic heterocycles. The smallest absolute Gasteiger partial charge is 0.241 e. The Morgan fingerprint density at radius 2 is 2.05 bits per heavy atom. The summed E-state index contributed by atoms with van der Waals surface area (Å²) in [6.45, 7) is 9.19. The average molecular weight is 282 g/mol. The molecule has 2 saturated heterocycles. The largest absolute Gasteiger partial charge is 0.381 e. The number of rotatable bonds is 6. The van der Waals surface area contributed by atoms with E-state index in [-0.39, 0.29) is 12.2 Å². The fraction of sp³-hybridized carbons (Fsp3) is 0.938. The van der Waals surface area contributed by atoms with Crippen LogP contribution in [0.15, 0.2) is 0 Å². The van der Waals surface area contributed by atoms with Gasteiger partial charge in [0, 0.05) is 19.8 Å². The van der Waals surface area contributed by atoms with Crippen molar-refractivity contribution in [3.8, 4) is 0 Å². The number of carbonyl (C=O) groups is 1. The number of nitrogens with one attached hydrogen (secondary N) is 1. The predicted octanol–water partition coefficient (Wildman–Crippen LogP) is 2.39. The van der Waals surface area contributed by atoms with Crippen molar-refractivity contribution in [2.75, 3.05) is 19.8 Å². The zero-order valence-electron chi connectivity index (χ0n) is 13.2. The molecule has 0 bridgehead atoms. The van der Waals surface area contributed by atoms with Gasteiger partial charge in [-0.2, -0.15) is 0 Å². The molecule has 116 valence electrons. The second-order valence-electron chi connectivity index (χ2n) is 6.60. The number of carbonyl (C=O) groups excluding carboxylic acids is 1. The van der Waals surface area contributed by atoms with Crippen molar-refractivity contribution < 1.29 is 9.53 Å². The van der Waals surface area contributed by atoms with Crippen LogP contribution in [0.4, 0.5) is 0 Å². The standard InChI is InChI=1S/C16H30N2O2/c1-4-5-6-14-16(19)18(15(17-14)12(2)3)11-13-7-9-20-10-8-13/h12-15,17H,4-11H2,1-3H3. The maximum atomic E-state index is 12.6. The van der Waals surface area contributed by atoms with Gasteiger partial charge in [0.25, 0.3) is 0 Å². The third-order valence-electron chi connectivity index (χ3n) is 4.56. The molecule has 0 aliphatic carbocycles. The van der Waals surface area contributed by atoms with Gasteiger partial charge in [-0.15, -0.1) is 0 Å². The maximum absolute atomic E-state index is 12.6. The highest BCUT2D eigenvalue weighted by Gasteiger charge is 2.40. The monoisotopic (exact) mass is 282 g/mol. The first kappa shape index (κ1) is 15.8. The van der Waals surface area contributed by atoms with E-state index in [9.17, 15) is 4.79 Å². The lowest BCUT2D eigenvalue weighted by molar-refractivity contribution is -0.131. The number of ether oxygens (including phenoxy) is 1. The summed E-state index contributed by atoms with van der Waals surface area (Å²) in [5.41, 5.74) is 0. The van der Waals surface area contributed by atoms with E-state index in [0.29, 0.717) is 17.7 Å². The van der Waals surface area contributed by atoms with Crippen LogP contribution in [-0.2, 0) is 9.53 Å². The minimum atomic E-state index is 0.0437. The summed E-state index contributed by atoms with van der Waals surface area (Å²) in [5, 5.41) is 3.56. The van der Waals surface area contributed by atoms with Gasteiger partial charge in [-0.05, 0) is 31.1 Å². The Kier molecular flexibility index (Phi) is 5.85. The van der Waals surface area contributed by atoms with Crippen LogP contribution >= 0.6 is 0 Å². The first-order valence-electron chi connectivity index (χ1n) is 8.27. The van der Waals surface area contributed by atoms with E-state index >= 15 is 0 Å². The van der Waals surface area contributed by atoms with Gasteiger partial charge in [-0.25, -0.2) is 0 Å². The van der Waals surface area contributed by atoms with Crippen molar-refractivity contribution in [3.63, 3.8) is 0 Å². The molecule has 0 spiro atoms. The molecule has 2 atom stereocenters. The molecule has 1 amide bonds. The van der Waals surface area contributed by atoms with Crippen LogP contribution in [0.3, 0.4) is 0 Å². The molecule has 4 nitrogen and oxygen atoms in total. The van der Waals surface area contributed by atoms with Crippen LogP contribution in [0.2, 0.25) is 0 Å². The molecular weight excluding hydrogens is 252 g/mol. The van der Waals surface area contributed by atoms with E-state index in [1.165, 1.54) is 0 Å². The normalized spacial score (nSPS) is 28.6. The summed E-state index contributed by atoms with van der Waals surface area (Å²) < 4.78 is 5.42. The summed E-state index contributed by atoms with van der Waals surface area (Å²) >= 11 is 0. The predicted molar refractivity (Wildman–Crippen MR) is 80.3 cm³/mol. The third kappa shape index (κ3) is 3.73. The Bertz CT molecular complexity index is 314. The Morgan fingerprint density at radius 1 is 1.35 bits per heavy atom. The molecule has 2 fully saturated rings. The van der Waals surface area contributed by atoms with E-state index in [1.807, 2.05) is 0 Å². The lowest BCUT2D eigenvalue weighted by Crippen LogP contribution is -2.44. The molecule has 2 aliphatic heterocycles. The first-order chi connectivity index (χ1) is 9.63. The molecule has 0 aromatic carbocycles. The Labute approximate surface area is 123 Å². The zero-order chi connectivity index (χ0) is 14.5. The van der Waals surface area contributed by atoms with Crippen molar-refractivity contribution in [3.05, 3.63) is 0 Å². The highest BCUT2D eigenvalue weighted by molar-refractivity contribution is 5.84. The second-order valence-corrected chi connectivity index (χ2v) is 6.60. The van der Waals surface area contributed by atoms with Gasteiger partial charge in [-0.3, -0.25) is 10.1 Å². The molecule has 2 rings (SSSR count). The van der Waals surface area contributed by atoms with Crippen LogP contribution in [0.1, 0.15) is 52.9 Å². The summed E-state index contributed by atoms with van der Waals surface area (Å²) in [7, 11) is 0. The fourth-order valence-corrected chi connectivity index (χ4v) is 3.28. The molecule has 2 unspecified atom stereocenters. The van der Waals surface area contributed by atoms with E-state index in [4.69, 9.17) is 4.74 Å². The Hall–Kier alpha value is -0.610. The number of hydrogen-bond donors (Lipinski definition) is 1. The third-order valence-corrected chi connectivity index (χ3v) is 4.56. The molecular formula is C16H30N2O2. The van der Waals surface area contributed by atoms with Gasteiger partial charge < -0.3 is 9.64 Å². The van der Waals surface area contributed by atoms with Crippen molar-refractivity contribution in [1.29, 1.82) is 0 Å². The van der Waals surface area contributed by atoms with Gasteiger partial charge in [0.05, 0.1) is 12.2 Å². The van der Waals surface area contributed by atoms with E-state index in [1.54, 1.807) is 0 Å². The molecule has 4 heteroatoms. The zero-order valence-corrected chi connectivity index (χ0v) is 13.2. The highest BCUT2D eigenvalue weighted by atomic mass is 16.5. The van der Waals surface area contributed by atoms with Crippen LogP contribution in [0.5, 0.6) is 0 Å². The van der Waals surface area contributed by atoms with Crippen molar-refractivity contribution >= 4 is 5.91 Å². The van der Waals surface area contributed by atoms with Crippen LogP contribution in [-0.4, -0.2) is 42.8 Å². The van der Waals surface area contributed by atoms with E-state index in [0.717, 1.165) is 51.9 Å². The number of hydrogen-bond acceptors (Lipinski definition) is 3. The number of amides is 1. The topological polar surface area (TPSA) is 41.6 Å². The average Bonchev–Trinajstić information content (AvgIpc) is 2.75. The molecule has 2 aliphatic rings. The molecule has 0 aromatic rings. The quantitative estimate of drug-likeness (QED) is 0.813. The first-order valence-corrected chi connectivity index (χ1v) is 8.27. The minimum absolute atomic E-state index is 0.0437. The number of nitrogens with zero attached hydrogens (tertiary/aromatic N) is 1. The Balaban J connectivity index is 1.97. The summed E-state index contributed by atoms with van der Waals surface area (Å²) in [4.78, 5) is 14.7. The molecule has 20 heavy (non-hydrogen) atoms. The lowest BCUT2D eigenvalue weighted by Gasteiger charge is -2.32. The SMILES string of the molecule is CCCCC1NC(C(C)C)N(CC2CCOCC2)C1=O. The molecule has 1 N–H and O–H groups in total. The van der Waals surface area contributed by atoms with Gasteiger partial charge >= 0.3 is 0 Å². The minimum Gasteiger partial charge on any atom is -0.381 e. The van der Waals surface area contributed by atoms with Gasteiger partial charge in [0.15, 0.2) is 0 Å². The second kappa shape index (κ2) is 7.41. The molecule has 2 heterocycles. The van der Waals surface area contributed by atoms with Crippen LogP contribution in [0, 0.1) is 11.8 Å². The maximum Gasteiger partial charge on any atom is 0.241 e. The van der Waals surface area contributed by atoms with E-state index < -0.39 is 0 Å². The van der Waals surface area contributed by atoms with Crippen molar-refractivity contribution in [2.45, 2.75) is 65.1 Å². The lowest BCUT2D eigenvalue weighted by atomic mass is 9.98. The van der Waals surface area contributed by atoms with Gasteiger partial charge in [0.1, 0.15) is 0 Å². The summed E-state index contributed by atoms with van der Waals surface area (Å²) in [6, 6.07) is 0.0437. The van der Waals surface area contributed by atoms with Crippen LogP contribution < -0.4 is 5.32 Å². The molecule has 0 radical (unpaired) electrons. The highest BCUT2D eigenvalue weighted by Crippen LogP contribution is 2.24. The summed E-state index contributed by atoms with van der Waals surface area (Å²) in [5.74, 6) is 1.40. The summed E-state index contributed by atoms with van der Waals surface area (Å²) in [6.07, 6.45) is 5.65. The fourth-order valence-electron chi connectivity index (χ4n) is 3.28. The number of unbranched alkanes of at least 4 members (excludes halogenated alkanes) is 1. The van der Waals surface area contributed by atoms with E-state index in [2.05, 4.69) is 31.0 Å². The van der Waals surface area contributed by atoms with Gasteiger partial charge in [0.2, 0.25) is 5.91 Å². The Morgan fingerprint density at radius 3 is 2.65 bits per heavy atom.